The van der Waals surface area contributed by atoms with Crippen molar-refractivity contribution in [3.05, 3.63) is 58.1 Å². The maximum Gasteiger partial charge on any atom is 0.279 e. The molecule has 128 valence electrons. The van der Waals surface area contributed by atoms with Crippen LogP contribution in [0.15, 0.2) is 46.9 Å². The van der Waals surface area contributed by atoms with E-state index >= 15 is 0 Å². The smallest absolute Gasteiger partial charge is 0.279 e. The van der Waals surface area contributed by atoms with Crippen molar-refractivity contribution in [2.75, 3.05) is 19.0 Å². The molecule has 0 aromatic heterocycles. The number of nitrogens with two attached hydrogens (primary N) is 1. The van der Waals surface area contributed by atoms with Crippen LogP contribution in [-0.2, 0) is 11.2 Å². The molecule has 0 bridgehead atoms. The molecule has 2 rings (SSSR count). The molecule has 0 saturated heterocycles. The SMILES string of the molecule is CCc1ccc(NC(=O)C[NH2+][C@@H](C)c2ccc(OC)c(Br)c2)cc1. The standard InChI is InChI=1S/C19H23BrN2O2/c1-4-14-5-8-16(9-6-14)22-19(23)12-21-13(2)15-7-10-18(24-3)17(20)11-15/h5-11,13,21H,4,12H2,1-3H3,(H,22,23)/p+1/t13-/m0/s1. The molecule has 2 aromatic carbocycles. The lowest BCUT2D eigenvalue weighted by atomic mass is 10.1. The molecule has 3 N–H and O–H groups in total. The van der Waals surface area contributed by atoms with Crippen molar-refractivity contribution in [3.63, 3.8) is 0 Å². The number of carbonyl (C=O) groups excluding carboxylic acids is 1. The predicted octanol–water partition coefficient (Wildman–Crippen LogP) is 3.28. The van der Waals surface area contributed by atoms with E-state index in [-0.39, 0.29) is 11.9 Å². The Morgan fingerprint density at radius 2 is 1.96 bits per heavy atom. The molecule has 5 heteroatoms. The zero-order valence-electron chi connectivity index (χ0n) is 14.3. The minimum atomic E-state index is -0.00123. The summed E-state index contributed by atoms with van der Waals surface area (Å²) in [6, 6.07) is 14.1. The van der Waals surface area contributed by atoms with Crippen LogP contribution >= 0.6 is 15.9 Å². The summed E-state index contributed by atoms with van der Waals surface area (Å²) in [5.74, 6) is 0.804. The van der Waals surface area contributed by atoms with Crippen molar-refractivity contribution >= 4 is 27.5 Å². The second kappa shape index (κ2) is 8.85. The monoisotopic (exact) mass is 391 g/mol. The first-order valence-corrected chi connectivity index (χ1v) is 8.88. The average molecular weight is 392 g/mol. The van der Waals surface area contributed by atoms with Crippen LogP contribution in [-0.4, -0.2) is 19.6 Å². The van der Waals surface area contributed by atoms with E-state index in [4.69, 9.17) is 4.74 Å². The molecular formula is C19H24BrN2O2+. The van der Waals surface area contributed by atoms with Crippen LogP contribution in [0.25, 0.3) is 0 Å². The van der Waals surface area contributed by atoms with Gasteiger partial charge in [-0.2, -0.15) is 0 Å². The fourth-order valence-electron chi connectivity index (χ4n) is 2.42. The summed E-state index contributed by atoms with van der Waals surface area (Å²) >= 11 is 3.49. The van der Waals surface area contributed by atoms with Gasteiger partial charge in [0.1, 0.15) is 11.8 Å². The summed E-state index contributed by atoms with van der Waals surface area (Å²) in [5, 5.41) is 4.95. The molecule has 0 aliphatic carbocycles. The van der Waals surface area contributed by atoms with Gasteiger partial charge in [-0.1, -0.05) is 19.1 Å². The summed E-state index contributed by atoms with van der Waals surface area (Å²) in [5.41, 5.74) is 3.24. The van der Waals surface area contributed by atoms with Crippen LogP contribution in [0.5, 0.6) is 5.75 Å². The number of amides is 1. The Kier molecular flexibility index (Phi) is 6.82. The minimum Gasteiger partial charge on any atom is -0.496 e. The molecule has 0 heterocycles. The van der Waals surface area contributed by atoms with Crippen LogP contribution in [0.4, 0.5) is 5.69 Å². The third-order valence-electron chi connectivity index (χ3n) is 4.00. The number of carbonyl (C=O) groups is 1. The first-order chi connectivity index (χ1) is 11.5. The minimum absolute atomic E-state index is 0.00123. The van der Waals surface area contributed by atoms with Gasteiger partial charge in [-0.05, 0) is 65.2 Å². The Balaban J connectivity index is 1.87. The molecule has 0 aliphatic rings. The topological polar surface area (TPSA) is 54.9 Å². The highest BCUT2D eigenvalue weighted by atomic mass is 79.9. The van der Waals surface area contributed by atoms with Crippen molar-refractivity contribution in [3.8, 4) is 5.75 Å². The van der Waals surface area contributed by atoms with Crippen LogP contribution in [0.2, 0.25) is 0 Å². The molecule has 4 nitrogen and oxygen atoms in total. The highest BCUT2D eigenvalue weighted by molar-refractivity contribution is 9.10. The molecule has 0 radical (unpaired) electrons. The van der Waals surface area contributed by atoms with E-state index in [1.165, 1.54) is 5.56 Å². The fraction of sp³-hybridized carbons (Fsp3) is 0.316. The zero-order chi connectivity index (χ0) is 17.5. The van der Waals surface area contributed by atoms with Gasteiger partial charge in [0.05, 0.1) is 11.6 Å². The van der Waals surface area contributed by atoms with Gasteiger partial charge in [0.2, 0.25) is 0 Å². The molecule has 24 heavy (non-hydrogen) atoms. The van der Waals surface area contributed by atoms with Crippen LogP contribution in [0, 0.1) is 0 Å². The lowest BCUT2D eigenvalue weighted by Crippen LogP contribution is -2.86. The maximum absolute atomic E-state index is 12.1. The second-order valence-electron chi connectivity index (χ2n) is 5.72. The number of anilines is 1. The van der Waals surface area contributed by atoms with E-state index in [1.54, 1.807) is 7.11 Å². The third-order valence-corrected chi connectivity index (χ3v) is 4.62. The number of hydrogen-bond acceptors (Lipinski definition) is 2. The van der Waals surface area contributed by atoms with E-state index in [0.717, 1.165) is 27.9 Å². The van der Waals surface area contributed by atoms with Crippen molar-refractivity contribution in [1.29, 1.82) is 0 Å². The highest BCUT2D eigenvalue weighted by Gasteiger charge is 2.13. The number of aryl methyl sites for hydroxylation is 1. The van der Waals surface area contributed by atoms with Crippen LogP contribution in [0.1, 0.15) is 31.0 Å². The number of benzene rings is 2. The summed E-state index contributed by atoms with van der Waals surface area (Å²) in [7, 11) is 1.65. The summed E-state index contributed by atoms with van der Waals surface area (Å²) in [6.45, 7) is 4.57. The molecule has 2 aromatic rings. The molecule has 1 atom stereocenters. The third kappa shape index (κ3) is 5.08. The Bertz CT molecular complexity index is 686. The van der Waals surface area contributed by atoms with E-state index < -0.39 is 0 Å². The van der Waals surface area contributed by atoms with Crippen molar-refractivity contribution in [1.82, 2.24) is 0 Å². The van der Waals surface area contributed by atoms with Gasteiger partial charge < -0.3 is 15.4 Å². The van der Waals surface area contributed by atoms with E-state index in [0.29, 0.717) is 6.54 Å². The first kappa shape index (κ1) is 18.5. The highest BCUT2D eigenvalue weighted by Crippen LogP contribution is 2.27. The largest absolute Gasteiger partial charge is 0.496 e. The van der Waals surface area contributed by atoms with Gasteiger partial charge in [0.15, 0.2) is 6.54 Å². The van der Waals surface area contributed by atoms with Gasteiger partial charge in [0.25, 0.3) is 5.91 Å². The number of rotatable bonds is 7. The zero-order valence-corrected chi connectivity index (χ0v) is 15.9. The lowest BCUT2D eigenvalue weighted by molar-refractivity contribution is -0.682. The number of quaternary nitrogens is 1. The van der Waals surface area contributed by atoms with Gasteiger partial charge in [-0.15, -0.1) is 0 Å². The lowest BCUT2D eigenvalue weighted by Gasteiger charge is -2.13. The molecule has 0 unspecified atom stereocenters. The summed E-state index contributed by atoms with van der Waals surface area (Å²) in [6.07, 6.45) is 0.997. The van der Waals surface area contributed by atoms with Crippen molar-refractivity contribution in [2.45, 2.75) is 26.3 Å². The Morgan fingerprint density at radius 3 is 2.54 bits per heavy atom. The summed E-state index contributed by atoms with van der Waals surface area (Å²) < 4.78 is 6.16. The van der Waals surface area contributed by atoms with Gasteiger partial charge in [-0.3, -0.25) is 4.79 Å². The summed E-state index contributed by atoms with van der Waals surface area (Å²) in [4.78, 5) is 12.1. The molecule has 1 amide bonds. The molecule has 0 aliphatic heterocycles. The maximum atomic E-state index is 12.1. The van der Waals surface area contributed by atoms with Gasteiger partial charge in [-0.25, -0.2) is 0 Å². The van der Waals surface area contributed by atoms with E-state index in [2.05, 4.69) is 35.1 Å². The van der Waals surface area contributed by atoms with E-state index in [1.807, 2.05) is 47.8 Å². The number of nitrogens with one attached hydrogen (secondary N) is 1. The first-order valence-electron chi connectivity index (χ1n) is 8.09. The number of methoxy groups -OCH3 is 1. The van der Waals surface area contributed by atoms with Crippen LogP contribution in [0.3, 0.4) is 0 Å². The second-order valence-corrected chi connectivity index (χ2v) is 6.58. The number of halogens is 1. The molecular weight excluding hydrogens is 368 g/mol. The Labute approximate surface area is 151 Å². The Hall–Kier alpha value is -1.85. The average Bonchev–Trinajstić information content (AvgIpc) is 2.60. The van der Waals surface area contributed by atoms with E-state index in [9.17, 15) is 4.79 Å². The number of ether oxygens (including phenoxy) is 1. The Morgan fingerprint density at radius 1 is 1.25 bits per heavy atom. The molecule has 0 fully saturated rings. The molecule has 0 saturated carbocycles. The number of hydrogen-bond donors (Lipinski definition) is 2. The van der Waals surface area contributed by atoms with Crippen molar-refractivity contribution < 1.29 is 14.8 Å². The molecule has 0 spiro atoms. The van der Waals surface area contributed by atoms with Crippen LogP contribution < -0.4 is 15.4 Å². The van der Waals surface area contributed by atoms with Gasteiger partial charge in [0, 0.05) is 11.3 Å². The predicted molar refractivity (Wildman–Crippen MR) is 100 cm³/mol. The van der Waals surface area contributed by atoms with Crippen molar-refractivity contribution in [2.24, 2.45) is 0 Å². The quantitative estimate of drug-likeness (QED) is 0.760. The fourth-order valence-corrected chi connectivity index (χ4v) is 2.98. The normalized spacial score (nSPS) is 11.8. The van der Waals surface area contributed by atoms with Gasteiger partial charge >= 0.3 is 0 Å².